The predicted octanol–water partition coefficient (Wildman–Crippen LogP) is 4.82. The van der Waals surface area contributed by atoms with E-state index in [0.717, 1.165) is 59.0 Å². The van der Waals surface area contributed by atoms with Crippen molar-refractivity contribution >= 4 is 52.5 Å². The van der Waals surface area contributed by atoms with Crippen LogP contribution in [0, 0.1) is 27.7 Å². The molecule has 9 nitrogen and oxygen atoms in total. The van der Waals surface area contributed by atoms with E-state index >= 15 is 0 Å². The van der Waals surface area contributed by atoms with Gasteiger partial charge in [0.1, 0.15) is 5.41 Å². The first-order valence-corrected chi connectivity index (χ1v) is 17.6. The van der Waals surface area contributed by atoms with E-state index in [1.807, 2.05) is 62.4 Å². The zero-order chi connectivity index (χ0) is 32.7. The Kier molecular flexibility index (Phi) is 7.25. The highest BCUT2D eigenvalue weighted by atomic mass is 127. The number of nitrogens with one attached hydrogen (secondary N) is 1. The normalized spacial score (nSPS) is 31.5. The summed E-state index contributed by atoms with van der Waals surface area (Å²) in [4.78, 5) is 60.8. The number of aryl methyl sites for hydroxylation is 2. The van der Waals surface area contributed by atoms with Gasteiger partial charge in [-0.1, -0.05) is 48.9 Å². The average Bonchev–Trinajstić information content (AvgIpc) is 3.95. The molecule has 1 unspecified atom stereocenters. The van der Waals surface area contributed by atoms with Crippen molar-refractivity contribution in [1.29, 1.82) is 0 Å². The Morgan fingerprint density at radius 3 is 2.47 bits per heavy atom. The van der Waals surface area contributed by atoms with E-state index in [1.165, 1.54) is 9.80 Å². The third kappa shape index (κ3) is 4.43. The van der Waals surface area contributed by atoms with Gasteiger partial charge in [-0.15, -0.1) is 0 Å². The summed E-state index contributed by atoms with van der Waals surface area (Å²) in [7, 11) is 0. The molecule has 10 heteroatoms. The highest BCUT2D eigenvalue weighted by molar-refractivity contribution is 14.1. The maximum Gasteiger partial charge on any atom is 0.340 e. The van der Waals surface area contributed by atoms with Gasteiger partial charge >= 0.3 is 5.97 Å². The number of amides is 3. The number of nitrogens with zero attached hydrogens (tertiary/aromatic N) is 3. The van der Waals surface area contributed by atoms with E-state index in [1.54, 1.807) is 18.2 Å². The first-order chi connectivity index (χ1) is 22.7. The number of hydrogen-bond acceptors (Lipinski definition) is 6. The molecule has 3 aromatic carbocycles. The van der Waals surface area contributed by atoms with Gasteiger partial charge < -0.3 is 10.1 Å². The smallest absolute Gasteiger partial charge is 0.340 e. The number of rotatable bonds is 10. The van der Waals surface area contributed by atoms with Crippen LogP contribution < -0.4 is 10.2 Å². The van der Waals surface area contributed by atoms with Gasteiger partial charge in [0, 0.05) is 34.2 Å². The number of piperidine rings is 4. The third-order valence-electron chi connectivity index (χ3n) is 11.2. The Hall–Kier alpha value is -3.77. The lowest BCUT2D eigenvalue weighted by Crippen LogP contribution is -2.75. The Morgan fingerprint density at radius 2 is 1.83 bits per heavy atom. The van der Waals surface area contributed by atoms with Crippen LogP contribution in [0.3, 0.4) is 0 Å². The summed E-state index contributed by atoms with van der Waals surface area (Å²) >= 11 is 2.26. The van der Waals surface area contributed by atoms with Gasteiger partial charge in [-0.3, -0.25) is 29.1 Å². The summed E-state index contributed by atoms with van der Waals surface area (Å²) < 4.78 is 7.45. The van der Waals surface area contributed by atoms with Crippen molar-refractivity contribution in [3.8, 4) is 0 Å². The predicted molar refractivity (Wildman–Crippen MR) is 183 cm³/mol. The van der Waals surface area contributed by atoms with Gasteiger partial charge in [-0.2, -0.15) is 0 Å². The fourth-order valence-electron chi connectivity index (χ4n) is 8.75. The molecule has 1 N–H and O–H groups in total. The van der Waals surface area contributed by atoms with E-state index in [-0.39, 0.29) is 23.9 Å². The molecule has 47 heavy (non-hydrogen) atoms. The number of fused-ring (bicyclic) bond motifs is 4. The Balaban J connectivity index is 1.18. The molecule has 3 aromatic rings. The maximum absolute atomic E-state index is 14.5. The number of anilines is 1. The summed E-state index contributed by atoms with van der Waals surface area (Å²) in [6.07, 6.45) is 2.87. The second-order valence-electron chi connectivity index (χ2n) is 13.7. The first kappa shape index (κ1) is 30.6. The molecule has 2 saturated carbocycles. The van der Waals surface area contributed by atoms with E-state index in [4.69, 9.17) is 4.74 Å². The zero-order valence-corrected chi connectivity index (χ0v) is 28.6. The van der Waals surface area contributed by atoms with Gasteiger partial charge in [0.2, 0.25) is 18.0 Å². The van der Waals surface area contributed by atoms with Gasteiger partial charge in [-0.05, 0) is 109 Å². The SMILES string of the molecule is CCc1cccc(C(=O)O[C@]23[C@@H]4C(c5cccc(I)c5)[C@]42C(=O)N3[C@H](C(=O)N[C@@H]2CC3CCN2CC3)N(C=O)c2ccc(C)cc2)c1. The van der Waals surface area contributed by atoms with Gasteiger partial charge in [0.15, 0.2) is 6.17 Å². The van der Waals surface area contributed by atoms with Crippen LogP contribution in [0.25, 0.3) is 0 Å². The van der Waals surface area contributed by atoms with Crippen molar-refractivity contribution in [3.63, 3.8) is 0 Å². The minimum atomic E-state index is -1.34. The molecular formula is C37H37IN4O5. The molecule has 242 valence electrons. The number of ether oxygens (including phenoxy) is 1. The summed E-state index contributed by atoms with van der Waals surface area (Å²) in [5, 5.41) is 3.20. The number of halogens is 1. The van der Waals surface area contributed by atoms with Crippen LogP contribution in [0.2, 0.25) is 0 Å². The zero-order valence-electron chi connectivity index (χ0n) is 26.4. The van der Waals surface area contributed by atoms with Gasteiger partial charge in [-0.25, -0.2) is 4.79 Å². The number of carbonyl (C=O) groups is 4. The second-order valence-corrected chi connectivity index (χ2v) is 14.9. The Labute approximate surface area is 287 Å². The topological polar surface area (TPSA) is 99.3 Å². The molecule has 6 aliphatic rings. The number of benzene rings is 3. The molecule has 3 amide bonds. The van der Waals surface area contributed by atoms with Crippen LogP contribution in [0.5, 0.6) is 0 Å². The standard InChI is InChI=1S/C37H37IN4O5/c1-3-23-6-4-8-26(18-23)34(45)47-37-31-30(25-7-5-9-27(38)20-25)36(31,37)35(46)42(37)33(41(21-43)28-12-10-22(2)11-13-28)32(44)39-29-19-24-14-16-40(29)17-15-24/h4-13,18,20-21,24,29-31,33H,3,14-17,19H2,1-2H3,(H,39,44)/t29-,30?,31+,33+,36+,37+/m0/s1. The Morgan fingerprint density at radius 1 is 1.09 bits per heavy atom. The van der Waals surface area contributed by atoms with Crippen LogP contribution in [0.15, 0.2) is 72.8 Å². The lowest BCUT2D eigenvalue weighted by molar-refractivity contribution is -0.203. The maximum atomic E-state index is 14.5. The fraction of sp³-hybridized carbons (Fsp3) is 0.405. The van der Waals surface area contributed by atoms with Crippen molar-refractivity contribution in [2.24, 2.45) is 17.3 Å². The summed E-state index contributed by atoms with van der Waals surface area (Å²) in [6, 6.07) is 22.6. The number of β-lactam (4-membered cyclic amide) rings is 1. The molecule has 4 heterocycles. The van der Waals surface area contributed by atoms with E-state index < -0.39 is 29.2 Å². The van der Waals surface area contributed by atoms with Crippen molar-refractivity contribution < 1.29 is 23.9 Å². The van der Waals surface area contributed by atoms with Crippen molar-refractivity contribution in [1.82, 2.24) is 15.1 Å². The third-order valence-corrected chi connectivity index (χ3v) is 11.9. The van der Waals surface area contributed by atoms with Crippen LogP contribution in [-0.4, -0.2) is 65.1 Å². The van der Waals surface area contributed by atoms with Gasteiger partial charge in [0.25, 0.3) is 5.91 Å². The molecule has 4 aliphatic heterocycles. The van der Waals surface area contributed by atoms with Crippen molar-refractivity contribution in [3.05, 3.63) is 98.6 Å². The number of hydrogen-bond donors (Lipinski definition) is 1. The minimum absolute atomic E-state index is 0.135. The number of esters is 1. The van der Waals surface area contributed by atoms with Gasteiger partial charge in [0.05, 0.1) is 11.7 Å². The van der Waals surface area contributed by atoms with E-state index in [9.17, 15) is 19.2 Å². The molecule has 2 bridgehead atoms. The van der Waals surface area contributed by atoms with E-state index in [2.05, 4.69) is 38.9 Å². The molecular weight excluding hydrogens is 707 g/mol. The van der Waals surface area contributed by atoms with Crippen molar-refractivity contribution in [2.45, 2.75) is 63.5 Å². The lowest BCUT2D eigenvalue weighted by Gasteiger charge is -2.53. The highest BCUT2D eigenvalue weighted by Crippen LogP contribution is 2.97. The summed E-state index contributed by atoms with van der Waals surface area (Å²) in [5.41, 5.74) is 1.57. The quantitative estimate of drug-likeness (QED) is 0.139. The lowest BCUT2D eigenvalue weighted by atomic mass is 9.82. The molecule has 6 fully saturated rings. The Bertz CT molecular complexity index is 1790. The van der Waals surface area contributed by atoms with E-state index in [0.29, 0.717) is 23.6 Å². The second kappa shape index (κ2) is 11.2. The number of carbonyl (C=O) groups excluding carboxylic acids is 4. The molecule has 4 saturated heterocycles. The van der Waals surface area contributed by atoms with Crippen LogP contribution in [0.1, 0.15) is 59.2 Å². The fourth-order valence-corrected chi connectivity index (χ4v) is 9.32. The number of likely N-dealkylation sites (tertiary alicyclic amines) is 1. The summed E-state index contributed by atoms with van der Waals surface area (Å²) in [5.74, 6) is -1.20. The molecule has 9 rings (SSSR count). The van der Waals surface area contributed by atoms with Crippen LogP contribution in [0.4, 0.5) is 5.69 Å². The summed E-state index contributed by atoms with van der Waals surface area (Å²) in [6.45, 7) is 5.77. The van der Waals surface area contributed by atoms with Crippen LogP contribution in [-0.2, 0) is 25.5 Å². The van der Waals surface area contributed by atoms with Crippen molar-refractivity contribution in [2.75, 3.05) is 18.0 Å². The minimum Gasteiger partial charge on any atom is -0.434 e. The first-order valence-electron chi connectivity index (χ1n) is 16.5. The molecule has 0 aromatic heterocycles. The highest BCUT2D eigenvalue weighted by Gasteiger charge is 3.12. The molecule has 6 atom stereocenters. The molecule has 2 aliphatic carbocycles. The van der Waals surface area contributed by atoms with Crippen LogP contribution >= 0.6 is 22.6 Å². The average molecular weight is 745 g/mol. The monoisotopic (exact) mass is 744 g/mol. The molecule has 0 radical (unpaired) electrons. The molecule has 1 spiro atoms. The largest absolute Gasteiger partial charge is 0.434 e.